The van der Waals surface area contributed by atoms with Crippen LogP contribution in [0.4, 0.5) is 5.69 Å². The van der Waals surface area contributed by atoms with E-state index in [0.29, 0.717) is 6.54 Å². The molecule has 0 saturated heterocycles. The molecule has 0 radical (unpaired) electrons. The molecule has 0 spiro atoms. The number of benzene rings is 2. The second kappa shape index (κ2) is 10.1. The summed E-state index contributed by atoms with van der Waals surface area (Å²) < 4.78 is 7.09. The highest BCUT2D eigenvalue weighted by Gasteiger charge is 2.27. The van der Waals surface area contributed by atoms with Crippen LogP contribution in [0.1, 0.15) is 25.1 Å². The molecule has 1 aliphatic rings. The van der Waals surface area contributed by atoms with E-state index in [1.165, 1.54) is 14.0 Å². The van der Waals surface area contributed by atoms with Gasteiger partial charge in [-0.2, -0.15) is 4.57 Å². The Morgan fingerprint density at radius 3 is 2.53 bits per heavy atom. The van der Waals surface area contributed by atoms with Crippen LogP contribution in [0, 0.1) is 3.57 Å². The van der Waals surface area contributed by atoms with Crippen LogP contribution in [0.5, 0.6) is 0 Å². The zero-order valence-corrected chi connectivity index (χ0v) is 22.9. The second-order valence-electron chi connectivity index (χ2n) is 7.96. The summed E-state index contributed by atoms with van der Waals surface area (Å²) in [7, 11) is 0. The minimum atomic E-state index is 0.0839. The summed E-state index contributed by atoms with van der Waals surface area (Å²) in [6, 6.07) is 23.2. The molecule has 0 aliphatic carbocycles. The Labute approximate surface area is 221 Å². The minimum absolute atomic E-state index is 0.0839. The van der Waals surface area contributed by atoms with Crippen molar-refractivity contribution in [2.75, 3.05) is 4.90 Å². The SMILES string of the molecule is CCn1c(=O)/c(=C2\Sc3ccccc3N2Cc2ccc(I)cc2)s/c1=C\c1cccc[n+]1CC. The summed E-state index contributed by atoms with van der Waals surface area (Å²) in [4.78, 5) is 17.1. The Balaban J connectivity index is 1.70. The van der Waals surface area contributed by atoms with Crippen molar-refractivity contribution in [2.24, 2.45) is 0 Å². The van der Waals surface area contributed by atoms with Gasteiger partial charge in [-0.1, -0.05) is 36.0 Å². The van der Waals surface area contributed by atoms with Crippen molar-refractivity contribution < 1.29 is 4.57 Å². The number of halogens is 1. The summed E-state index contributed by atoms with van der Waals surface area (Å²) in [6.45, 7) is 6.43. The summed E-state index contributed by atoms with van der Waals surface area (Å²) in [5.41, 5.74) is 3.57. The normalized spacial score (nSPS) is 15.1. The molecule has 2 aromatic heterocycles. The third kappa shape index (κ3) is 4.48. The number of nitrogens with zero attached hydrogens (tertiary/aromatic N) is 3. The molecule has 172 valence electrons. The number of thioether (sulfide) groups is 1. The third-order valence-corrected chi connectivity index (χ3v) is 9.02. The molecule has 4 nitrogen and oxygen atoms in total. The number of anilines is 1. The summed E-state index contributed by atoms with van der Waals surface area (Å²) in [5, 5.41) is 1.02. The first-order valence-electron chi connectivity index (χ1n) is 11.3. The van der Waals surface area contributed by atoms with Gasteiger partial charge in [0.25, 0.3) is 5.56 Å². The maximum Gasteiger partial charge on any atom is 0.271 e. The molecule has 7 heteroatoms. The average Bonchev–Trinajstić information content (AvgIpc) is 3.37. The lowest BCUT2D eigenvalue weighted by Gasteiger charge is -2.20. The van der Waals surface area contributed by atoms with Crippen LogP contribution in [0.2, 0.25) is 0 Å². The molecule has 2 aromatic carbocycles. The van der Waals surface area contributed by atoms with Crippen LogP contribution in [0.3, 0.4) is 0 Å². The van der Waals surface area contributed by atoms with E-state index < -0.39 is 0 Å². The van der Waals surface area contributed by atoms with Gasteiger partial charge in [0.15, 0.2) is 6.20 Å². The zero-order chi connectivity index (χ0) is 23.7. The van der Waals surface area contributed by atoms with Gasteiger partial charge in [-0.25, -0.2) is 0 Å². The standard InChI is InChI=1S/C27H25IN3OS2/c1-3-29-16-8-7-9-21(29)17-24-30(4-2)26(32)25(34-24)27-31(18-19-12-14-20(28)15-13-19)22-10-5-6-11-23(22)33-27/h5-17H,3-4,18H2,1-2H3/q+1/b27-25+. The molecule has 34 heavy (non-hydrogen) atoms. The Kier molecular flexibility index (Phi) is 6.94. The number of pyridine rings is 1. The number of thiazole rings is 1. The van der Waals surface area contributed by atoms with Crippen molar-refractivity contribution in [1.82, 2.24) is 4.57 Å². The lowest BCUT2D eigenvalue weighted by atomic mass is 10.2. The summed E-state index contributed by atoms with van der Waals surface area (Å²) >= 11 is 5.62. The highest BCUT2D eigenvalue weighted by molar-refractivity contribution is 14.1. The largest absolute Gasteiger partial charge is 0.329 e. The van der Waals surface area contributed by atoms with Crippen LogP contribution in [-0.2, 0) is 19.6 Å². The Hall–Kier alpha value is -2.36. The Morgan fingerprint density at radius 2 is 1.76 bits per heavy atom. The van der Waals surface area contributed by atoms with Crippen molar-refractivity contribution in [3.8, 4) is 0 Å². The van der Waals surface area contributed by atoms with Crippen LogP contribution < -0.4 is 24.2 Å². The lowest BCUT2D eigenvalue weighted by Crippen LogP contribution is -2.37. The van der Waals surface area contributed by atoms with Crippen LogP contribution in [0.15, 0.2) is 82.6 Å². The number of hydrogen-bond donors (Lipinski definition) is 0. The average molecular weight is 599 g/mol. The fourth-order valence-electron chi connectivity index (χ4n) is 4.14. The summed E-state index contributed by atoms with van der Waals surface area (Å²) in [6.07, 6.45) is 4.22. The van der Waals surface area contributed by atoms with Crippen molar-refractivity contribution in [2.45, 2.75) is 38.4 Å². The number of hydrogen-bond acceptors (Lipinski definition) is 4. The Morgan fingerprint density at radius 1 is 1.00 bits per heavy atom. The van der Waals surface area contributed by atoms with Gasteiger partial charge in [-0.3, -0.25) is 9.36 Å². The molecule has 0 saturated carbocycles. The van der Waals surface area contributed by atoms with E-state index in [9.17, 15) is 4.79 Å². The van der Waals surface area contributed by atoms with Gasteiger partial charge >= 0.3 is 0 Å². The molecule has 0 bridgehead atoms. The smallest absolute Gasteiger partial charge is 0.271 e. The molecule has 0 unspecified atom stereocenters. The molecular weight excluding hydrogens is 573 g/mol. The number of aryl methyl sites for hydroxylation is 1. The van der Waals surface area contributed by atoms with E-state index in [0.717, 1.165) is 38.7 Å². The molecule has 4 aromatic rings. The maximum absolute atomic E-state index is 13.6. The highest BCUT2D eigenvalue weighted by atomic mass is 127. The van der Waals surface area contributed by atoms with Gasteiger partial charge in [0.1, 0.15) is 20.8 Å². The fraction of sp³-hybridized carbons (Fsp3) is 0.185. The van der Waals surface area contributed by atoms with Crippen molar-refractivity contribution in [3.63, 3.8) is 0 Å². The van der Waals surface area contributed by atoms with E-state index in [4.69, 9.17) is 0 Å². The van der Waals surface area contributed by atoms with E-state index in [2.05, 4.69) is 106 Å². The fourth-order valence-corrected chi connectivity index (χ4v) is 6.94. The molecule has 0 atom stereocenters. The molecule has 0 amide bonds. The van der Waals surface area contributed by atoms with Crippen LogP contribution >= 0.6 is 45.7 Å². The van der Waals surface area contributed by atoms with Gasteiger partial charge < -0.3 is 4.90 Å². The van der Waals surface area contributed by atoms with E-state index in [1.54, 1.807) is 23.1 Å². The maximum atomic E-state index is 13.6. The van der Waals surface area contributed by atoms with Gasteiger partial charge in [0.05, 0.1) is 5.69 Å². The zero-order valence-electron chi connectivity index (χ0n) is 19.1. The number of rotatable bonds is 5. The van der Waals surface area contributed by atoms with E-state index >= 15 is 0 Å². The van der Waals surface area contributed by atoms with Gasteiger partial charge in [0.2, 0.25) is 5.69 Å². The Bertz CT molecular complexity index is 1520. The minimum Gasteiger partial charge on any atom is -0.329 e. The topological polar surface area (TPSA) is 29.1 Å². The van der Waals surface area contributed by atoms with Crippen molar-refractivity contribution >= 4 is 62.5 Å². The first-order valence-corrected chi connectivity index (χ1v) is 14.0. The molecular formula is C27H25IN3OS2+. The van der Waals surface area contributed by atoms with Crippen LogP contribution in [0.25, 0.3) is 11.1 Å². The first kappa shape index (κ1) is 23.4. The van der Waals surface area contributed by atoms with Gasteiger partial charge in [-0.05, 0) is 72.3 Å². The number of para-hydroxylation sites is 1. The molecule has 1 aliphatic heterocycles. The highest BCUT2D eigenvalue weighted by Crippen LogP contribution is 2.46. The lowest BCUT2D eigenvalue weighted by molar-refractivity contribution is -0.695. The predicted octanol–water partition coefficient (Wildman–Crippen LogP) is 4.55. The van der Waals surface area contributed by atoms with Gasteiger partial charge in [0, 0.05) is 39.8 Å². The molecule has 5 rings (SSSR count). The van der Waals surface area contributed by atoms with Crippen molar-refractivity contribution in [3.05, 3.63) is 107 Å². The molecule has 0 N–H and O–H groups in total. The third-order valence-electron chi connectivity index (χ3n) is 5.87. The second-order valence-corrected chi connectivity index (χ2v) is 11.3. The molecule has 3 heterocycles. The van der Waals surface area contributed by atoms with E-state index in [-0.39, 0.29) is 5.56 Å². The number of fused-ring (bicyclic) bond motifs is 1. The monoisotopic (exact) mass is 598 g/mol. The summed E-state index contributed by atoms with van der Waals surface area (Å²) in [5.74, 6) is 0. The quantitative estimate of drug-likeness (QED) is 0.250. The van der Waals surface area contributed by atoms with Gasteiger partial charge in [-0.15, -0.1) is 11.3 Å². The van der Waals surface area contributed by atoms with Crippen molar-refractivity contribution in [1.29, 1.82) is 0 Å². The first-order chi connectivity index (χ1) is 16.6. The van der Waals surface area contributed by atoms with E-state index in [1.807, 2.05) is 23.6 Å². The molecule has 0 fully saturated rings. The predicted molar refractivity (Wildman–Crippen MR) is 150 cm³/mol. The van der Waals surface area contributed by atoms with Crippen LogP contribution in [-0.4, -0.2) is 4.57 Å². The number of aromatic nitrogens is 2.